The Morgan fingerprint density at radius 3 is 2.95 bits per heavy atom. The Kier molecular flexibility index (Phi) is 2.91. The second-order valence-electron chi connectivity index (χ2n) is 5.42. The van der Waals surface area contributed by atoms with Crippen LogP contribution in [0.3, 0.4) is 0 Å². The van der Waals surface area contributed by atoms with E-state index in [0.29, 0.717) is 17.4 Å². The maximum Gasteiger partial charge on any atom is 0.259 e. The average molecular weight is 305 g/mol. The van der Waals surface area contributed by atoms with E-state index in [4.69, 9.17) is 4.52 Å². The molecule has 2 saturated heterocycles. The molecule has 2 unspecified atom stereocenters. The maximum atomic E-state index is 12.6. The first-order valence-corrected chi connectivity index (χ1v) is 7.88. The number of fused-ring (bicyclic) bond motifs is 1. The molecule has 0 aliphatic carbocycles. The van der Waals surface area contributed by atoms with Gasteiger partial charge in [-0.2, -0.15) is 0 Å². The minimum atomic E-state index is 0.0281. The van der Waals surface area contributed by atoms with E-state index in [-0.39, 0.29) is 11.9 Å². The van der Waals surface area contributed by atoms with E-state index in [1.54, 1.807) is 23.8 Å². The molecule has 0 spiro atoms. The van der Waals surface area contributed by atoms with Crippen LogP contribution in [0, 0.1) is 6.92 Å². The molecule has 21 heavy (non-hydrogen) atoms. The van der Waals surface area contributed by atoms with E-state index < -0.39 is 0 Å². The van der Waals surface area contributed by atoms with Crippen LogP contribution in [0.25, 0.3) is 0 Å². The maximum absolute atomic E-state index is 12.6. The molecule has 2 aliphatic heterocycles. The Balaban J connectivity index is 1.56. The fourth-order valence-corrected chi connectivity index (χ4v) is 4.07. The number of aromatic nitrogens is 3. The Morgan fingerprint density at radius 1 is 1.38 bits per heavy atom. The van der Waals surface area contributed by atoms with Gasteiger partial charge in [-0.3, -0.25) is 4.79 Å². The number of anilines is 1. The van der Waals surface area contributed by atoms with Crippen molar-refractivity contribution in [2.24, 2.45) is 0 Å². The highest BCUT2D eigenvalue weighted by Gasteiger charge is 2.45. The van der Waals surface area contributed by atoms with Crippen molar-refractivity contribution in [2.45, 2.75) is 31.8 Å². The summed E-state index contributed by atoms with van der Waals surface area (Å²) in [7, 11) is 0. The summed E-state index contributed by atoms with van der Waals surface area (Å²) in [6.07, 6.45) is 3.46. The monoisotopic (exact) mass is 305 g/mol. The third-order valence-corrected chi connectivity index (χ3v) is 5.14. The van der Waals surface area contributed by atoms with Crippen LogP contribution < -0.4 is 4.90 Å². The van der Waals surface area contributed by atoms with E-state index in [1.807, 2.05) is 4.90 Å². The van der Waals surface area contributed by atoms with Crippen molar-refractivity contribution in [3.05, 3.63) is 23.0 Å². The zero-order valence-corrected chi connectivity index (χ0v) is 12.4. The van der Waals surface area contributed by atoms with Crippen LogP contribution in [0.15, 0.2) is 16.2 Å². The van der Waals surface area contributed by atoms with Crippen LogP contribution in [-0.4, -0.2) is 51.3 Å². The van der Waals surface area contributed by atoms with Gasteiger partial charge >= 0.3 is 0 Å². The first-order chi connectivity index (χ1) is 10.3. The van der Waals surface area contributed by atoms with Gasteiger partial charge in [-0.1, -0.05) is 16.5 Å². The van der Waals surface area contributed by atoms with Crippen LogP contribution in [0.2, 0.25) is 0 Å². The summed E-state index contributed by atoms with van der Waals surface area (Å²) < 4.78 is 5.01. The number of amides is 1. The molecule has 1 amide bonds. The molecule has 2 aromatic heterocycles. The summed E-state index contributed by atoms with van der Waals surface area (Å²) in [6.45, 7) is 3.47. The second kappa shape index (κ2) is 4.80. The Labute approximate surface area is 125 Å². The molecule has 0 N–H and O–H groups in total. The van der Waals surface area contributed by atoms with Crippen molar-refractivity contribution < 1.29 is 9.32 Å². The normalized spacial score (nSPS) is 24.6. The molecule has 110 valence electrons. The molecule has 2 fully saturated rings. The lowest BCUT2D eigenvalue weighted by Crippen LogP contribution is -2.39. The zero-order valence-electron chi connectivity index (χ0n) is 11.6. The van der Waals surface area contributed by atoms with Crippen molar-refractivity contribution in [2.75, 3.05) is 18.0 Å². The molecule has 8 heteroatoms. The highest BCUT2D eigenvalue weighted by molar-refractivity contribution is 7.13. The number of likely N-dealkylation sites (tertiary alicyclic amines) is 1. The number of aryl methyl sites for hydroxylation is 1. The predicted octanol–water partition coefficient (Wildman–Crippen LogP) is 1.33. The molecule has 0 radical (unpaired) electrons. The highest BCUT2D eigenvalue weighted by Crippen LogP contribution is 2.36. The molecule has 0 bridgehead atoms. The van der Waals surface area contributed by atoms with Gasteiger partial charge in [-0.05, 0) is 19.8 Å². The summed E-state index contributed by atoms with van der Waals surface area (Å²) in [5.74, 6) is 0.614. The van der Waals surface area contributed by atoms with Gasteiger partial charge in [-0.15, -0.1) is 10.2 Å². The van der Waals surface area contributed by atoms with Crippen molar-refractivity contribution in [1.82, 2.24) is 20.3 Å². The first kappa shape index (κ1) is 12.8. The standard InChI is InChI=1S/C13H15N5O2S/c1-8-9(6-15-20-8)12(19)17-4-2-11-10(17)3-5-18(11)13-16-14-7-21-13/h6-7,10-11H,2-5H2,1H3. The van der Waals surface area contributed by atoms with Gasteiger partial charge in [0, 0.05) is 13.1 Å². The van der Waals surface area contributed by atoms with Crippen molar-refractivity contribution in [1.29, 1.82) is 0 Å². The molecule has 2 atom stereocenters. The lowest BCUT2D eigenvalue weighted by atomic mass is 10.1. The fraction of sp³-hybridized carbons (Fsp3) is 0.538. The van der Waals surface area contributed by atoms with Crippen LogP contribution >= 0.6 is 11.3 Å². The molecule has 7 nitrogen and oxygen atoms in total. The zero-order chi connectivity index (χ0) is 14.4. The van der Waals surface area contributed by atoms with Gasteiger partial charge in [0.05, 0.1) is 18.3 Å². The van der Waals surface area contributed by atoms with Gasteiger partial charge in [0.1, 0.15) is 16.8 Å². The highest BCUT2D eigenvalue weighted by atomic mass is 32.1. The minimum absolute atomic E-state index is 0.0281. The molecule has 0 aromatic carbocycles. The number of nitrogens with zero attached hydrogens (tertiary/aromatic N) is 5. The number of carbonyl (C=O) groups is 1. The lowest BCUT2D eigenvalue weighted by molar-refractivity contribution is 0.0736. The molecule has 4 heterocycles. The molecular weight excluding hydrogens is 290 g/mol. The van der Waals surface area contributed by atoms with Gasteiger partial charge in [-0.25, -0.2) is 0 Å². The summed E-state index contributed by atoms with van der Waals surface area (Å²) in [4.78, 5) is 16.9. The number of carbonyl (C=O) groups excluding carboxylic acids is 1. The largest absolute Gasteiger partial charge is 0.361 e. The Morgan fingerprint density at radius 2 is 2.24 bits per heavy atom. The van der Waals surface area contributed by atoms with E-state index in [2.05, 4.69) is 20.3 Å². The van der Waals surface area contributed by atoms with Gasteiger partial charge in [0.2, 0.25) is 5.13 Å². The molecule has 0 saturated carbocycles. The van der Waals surface area contributed by atoms with Gasteiger partial charge < -0.3 is 14.3 Å². The quantitative estimate of drug-likeness (QED) is 0.833. The first-order valence-electron chi connectivity index (χ1n) is 7.01. The summed E-state index contributed by atoms with van der Waals surface area (Å²) in [5, 5.41) is 12.7. The number of rotatable bonds is 2. The SMILES string of the molecule is Cc1oncc1C(=O)N1CCC2C1CCN2c1nncs1. The van der Waals surface area contributed by atoms with E-state index >= 15 is 0 Å². The van der Waals surface area contributed by atoms with Crippen molar-refractivity contribution in [3.8, 4) is 0 Å². The third kappa shape index (κ3) is 1.93. The van der Waals surface area contributed by atoms with E-state index in [0.717, 1.165) is 31.1 Å². The van der Waals surface area contributed by atoms with Crippen LogP contribution in [0.5, 0.6) is 0 Å². The number of hydrogen-bond acceptors (Lipinski definition) is 7. The molecule has 4 rings (SSSR count). The average Bonchev–Trinajstić information content (AvgIpc) is 3.22. The fourth-order valence-electron chi connectivity index (χ4n) is 3.43. The third-order valence-electron chi connectivity index (χ3n) is 4.41. The summed E-state index contributed by atoms with van der Waals surface area (Å²) >= 11 is 1.55. The van der Waals surface area contributed by atoms with Crippen molar-refractivity contribution in [3.63, 3.8) is 0 Å². The smallest absolute Gasteiger partial charge is 0.259 e. The van der Waals surface area contributed by atoms with Crippen LogP contribution in [0.1, 0.15) is 29.0 Å². The Bertz CT molecular complexity index is 655. The number of hydrogen-bond donors (Lipinski definition) is 0. The van der Waals surface area contributed by atoms with Crippen molar-refractivity contribution >= 4 is 22.4 Å². The molecular formula is C13H15N5O2S. The Hall–Kier alpha value is -1.96. The molecule has 2 aromatic rings. The minimum Gasteiger partial charge on any atom is -0.361 e. The lowest BCUT2D eigenvalue weighted by Gasteiger charge is -2.24. The molecule has 2 aliphatic rings. The topological polar surface area (TPSA) is 75.4 Å². The summed E-state index contributed by atoms with van der Waals surface area (Å²) in [5.41, 5.74) is 2.33. The van der Waals surface area contributed by atoms with Crippen LogP contribution in [0.4, 0.5) is 5.13 Å². The van der Waals surface area contributed by atoms with Crippen LogP contribution in [-0.2, 0) is 0 Å². The van der Waals surface area contributed by atoms with Gasteiger partial charge in [0.15, 0.2) is 0 Å². The predicted molar refractivity (Wildman–Crippen MR) is 76.3 cm³/mol. The van der Waals surface area contributed by atoms with E-state index in [9.17, 15) is 4.79 Å². The van der Waals surface area contributed by atoms with E-state index in [1.165, 1.54) is 6.20 Å². The second-order valence-corrected chi connectivity index (χ2v) is 6.23. The summed E-state index contributed by atoms with van der Waals surface area (Å²) in [6, 6.07) is 0.595. The van der Waals surface area contributed by atoms with Gasteiger partial charge in [0.25, 0.3) is 5.91 Å².